The molecule has 0 aliphatic carbocycles. The lowest BCUT2D eigenvalue weighted by Crippen LogP contribution is -2.46. The fourth-order valence-electron chi connectivity index (χ4n) is 6.15. The van der Waals surface area contributed by atoms with E-state index in [1.54, 1.807) is 0 Å². The van der Waals surface area contributed by atoms with Crippen LogP contribution in [0.4, 0.5) is 0 Å². The molecule has 3 aromatic carbocycles. The molecule has 6 heteroatoms. The van der Waals surface area contributed by atoms with Crippen molar-refractivity contribution in [2.75, 3.05) is 51.6 Å². The quantitative estimate of drug-likeness (QED) is 0.434. The third kappa shape index (κ3) is 6.34. The number of carbonyl (C=O) groups excluding carboxylic acids is 1. The van der Waals surface area contributed by atoms with E-state index < -0.39 is 0 Å². The Balaban J connectivity index is 1.13. The number of rotatable bonds is 7. The number of thioether (sulfide) groups is 1. The number of amides is 1. The predicted octanol–water partition coefficient (Wildman–Crippen LogP) is 5.40. The van der Waals surface area contributed by atoms with Crippen LogP contribution in [0.2, 0.25) is 0 Å². The molecular weight excluding hydrogens is 502 g/mol. The minimum atomic E-state index is 0.124. The SMILES string of the molecule is O=C(c1ccc2c(c1)C(SCCN1CCC(Cc3ccccc3)CC1)c1ccccc1CO2)N1CCNCC1. The van der Waals surface area contributed by atoms with E-state index in [4.69, 9.17) is 4.74 Å². The van der Waals surface area contributed by atoms with Gasteiger partial charge in [0.25, 0.3) is 5.91 Å². The van der Waals surface area contributed by atoms with Gasteiger partial charge in [0.05, 0.1) is 5.25 Å². The zero-order valence-electron chi connectivity index (χ0n) is 22.7. The molecule has 0 aromatic heterocycles. The normalized spacial score (nSPS) is 20.0. The highest BCUT2D eigenvalue weighted by molar-refractivity contribution is 7.99. The maximum Gasteiger partial charge on any atom is 0.253 e. The number of hydrogen-bond acceptors (Lipinski definition) is 5. The molecule has 3 aliphatic heterocycles. The van der Waals surface area contributed by atoms with E-state index in [0.29, 0.717) is 6.61 Å². The van der Waals surface area contributed by atoms with Crippen LogP contribution < -0.4 is 10.1 Å². The first-order valence-electron chi connectivity index (χ1n) is 14.5. The molecule has 2 fully saturated rings. The van der Waals surface area contributed by atoms with Gasteiger partial charge < -0.3 is 19.9 Å². The highest BCUT2D eigenvalue weighted by atomic mass is 32.2. The molecule has 1 N–H and O–H groups in total. The summed E-state index contributed by atoms with van der Waals surface area (Å²) in [5.74, 6) is 2.87. The lowest BCUT2D eigenvalue weighted by atomic mass is 9.90. The summed E-state index contributed by atoms with van der Waals surface area (Å²) in [4.78, 5) is 17.9. The average Bonchev–Trinajstić information content (AvgIpc) is 3.15. The van der Waals surface area contributed by atoms with Crippen molar-refractivity contribution >= 4 is 17.7 Å². The van der Waals surface area contributed by atoms with Gasteiger partial charge in [0.1, 0.15) is 12.4 Å². The van der Waals surface area contributed by atoms with Gasteiger partial charge in [-0.25, -0.2) is 0 Å². The Kier molecular flexibility index (Phi) is 8.53. The minimum Gasteiger partial charge on any atom is -0.489 e. The number of ether oxygens (including phenoxy) is 1. The Morgan fingerprint density at radius 2 is 1.67 bits per heavy atom. The summed E-state index contributed by atoms with van der Waals surface area (Å²) in [6.07, 6.45) is 3.76. The lowest BCUT2D eigenvalue weighted by molar-refractivity contribution is 0.0735. The largest absolute Gasteiger partial charge is 0.489 e. The van der Waals surface area contributed by atoms with Gasteiger partial charge in [-0.15, -0.1) is 11.8 Å². The van der Waals surface area contributed by atoms with Crippen LogP contribution in [0.25, 0.3) is 0 Å². The van der Waals surface area contributed by atoms with E-state index in [9.17, 15) is 4.79 Å². The van der Waals surface area contributed by atoms with Crippen molar-refractivity contribution in [3.05, 3.63) is 101 Å². The van der Waals surface area contributed by atoms with Crippen LogP contribution in [0.1, 0.15) is 50.7 Å². The van der Waals surface area contributed by atoms with Gasteiger partial charge in [0.2, 0.25) is 0 Å². The molecule has 1 unspecified atom stereocenters. The Hall–Kier alpha value is -2.80. The fourth-order valence-corrected chi connectivity index (χ4v) is 7.53. The summed E-state index contributed by atoms with van der Waals surface area (Å²) in [6.45, 7) is 7.26. The smallest absolute Gasteiger partial charge is 0.253 e. The van der Waals surface area contributed by atoms with E-state index in [2.05, 4.69) is 70.9 Å². The highest BCUT2D eigenvalue weighted by Crippen LogP contribution is 2.44. The summed E-state index contributed by atoms with van der Waals surface area (Å²) < 4.78 is 6.28. The van der Waals surface area contributed by atoms with Crippen LogP contribution >= 0.6 is 11.8 Å². The molecular formula is C33H39N3O2S. The van der Waals surface area contributed by atoms with Crippen LogP contribution in [0, 0.1) is 5.92 Å². The van der Waals surface area contributed by atoms with E-state index in [0.717, 1.165) is 61.3 Å². The van der Waals surface area contributed by atoms with Crippen LogP contribution in [-0.2, 0) is 13.0 Å². The second-order valence-corrected chi connectivity index (χ2v) is 12.2. The molecule has 3 aliphatic rings. The Bertz CT molecular complexity index is 1250. The maximum absolute atomic E-state index is 13.3. The Morgan fingerprint density at radius 1 is 0.897 bits per heavy atom. The summed E-state index contributed by atoms with van der Waals surface area (Å²) >= 11 is 1.99. The molecule has 1 amide bonds. The fraction of sp³-hybridized carbons (Fsp3) is 0.424. The monoisotopic (exact) mass is 541 g/mol. The molecule has 0 spiro atoms. The predicted molar refractivity (Wildman–Crippen MR) is 160 cm³/mol. The van der Waals surface area contributed by atoms with Gasteiger partial charge >= 0.3 is 0 Å². The van der Waals surface area contributed by atoms with Gasteiger partial charge in [-0.05, 0) is 73.2 Å². The average molecular weight is 542 g/mol. The van der Waals surface area contributed by atoms with Gasteiger partial charge in [0, 0.05) is 49.6 Å². The van der Waals surface area contributed by atoms with E-state index in [1.807, 2.05) is 28.8 Å². The number of nitrogens with zero attached hydrogens (tertiary/aromatic N) is 2. The maximum atomic E-state index is 13.3. The topological polar surface area (TPSA) is 44.8 Å². The van der Waals surface area contributed by atoms with Crippen molar-refractivity contribution in [3.63, 3.8) is 0 Å². The molecule has 1 atom stereocenters. The Labute approximate surface area is 236 Å². The van der Waals surface area contributed by atoms with Gasteiger partial charge in [-0.3, -0.25) is 4.79 Å². The summed E-state index contributed by atoms with van der Waals surface area (Å²) in [6, 6.07) is 25.6. The van der Waals surface area contributed by atoms with E-state index in [-0.39, 0.29) is 11.2 Å². The minimum absolute atomic E-state index is 0.124. The van der Waals surface area contributed by atoms with Crippen molar-refractivity contribution in [1.29, 1.82) is 0 Å². The summed E-state index contributed by atoms with van der Waals surface area (Å²) in [7, 11) is 0. The third-order valence-electron chi connectivity index (χ3n) is 8.43. The van der Waals surface area contributed by atoms with Gasteiger partial charge in [-0.2, -0.15) is 0 Å². The lowest BCUT2D eigenvalue weighted by Gasteiger charge is -2.32. The first kappa shape index (κ1) is 26.4. The molecule has 5 nitrogen and oxygen atoms in total. The summed E-state index contributed by atoms with van der Waals surface area (Å²) in [5.41, 5.74) is 5.92. The Morgan fingerprint density at radius 3 is 2.49 bits per heavy atom. The number of likely N-dealkylation sites (tertiary alicyclic amines) is 1. The van der Waals surface area contributed by atoms with Crippen molar-refractivity contribution < 1.29 is 9.53 Å². The van der Waals surface area contributed by atoms with Gasteiger partial charge in [0.15, 0.2) is 0 Å². The van der Waals surface area contributed by atoms with E-state index in [1.165, 1.54) is 49.0 Å². The molecule has 204 valence electrons. The molecule has 6 rings (SSSR count). The number of piperidine rings is 1. The van der Waals surface area contributed by atoms with E-state index >= 15 is 0 Å². The molecule has 3 aromatic rings. The second-order valence-electron chi connectivity index (χ2n) is 11.0. The standard InChI is InChI=1S/C33H39N3O2S/c37-33(36-18-14-34-15-19-36)27-10-11-31-30(23-27)32(29-9-5-4-8-28(29)24-38-31)39-21-20-35-16-12-26(13-17-35)22-25-6-2-1-3-7-25/h1-11,23,26,32,34H,12-22,24H2. The molecule has 0 bridgehead atoms. The number of hydrogen-bond donors (Lipinski definition) is 1. The first-order valence-corrected chi connectivity index (χ1v) is 15.5. The second kappa shape index (κ2) is 12.6. The number of fused-ring (bicyclic) bond motifs is 2. The molecule has 0 radical (unpaired) electrons. The number of benzene rings is 3. The zero-order valence-corrected chi connectivity index (χ0v) is 23.5. The van der Waals surface area contributed by atoms with Crippen molar-refractivity contribution in [3.8, 4) is 5.75 Å². The molecule has 2 saturated heterocycles. The number of nitrogens with one attached hydrogen (secondary N) is 1. The van der Waals surface area contributed by atoms with Crippen LogP contribution in [-0.4, -0.2) is 67.3 Å². The highest BCUT2D eigenvalue weighted by Gasteiger charge is 2.28. The molecule has 3 heterocycles. The molecule has 0 saturated carbocycles. The van der Waals surface area contributed by atoms with Crippen molar-refractivity contribution in [2.24, 2.45) is 5.92 Å². The van der Waals surface area contributed by atoms with Crippen LogP contribution in [0.3, 0.4) is 0 Å². The van der Waals surface area contributed by atoms with Crippen LogP contribution in [0.5, 0.6) is 5.75 Å². The van der Waals surface area contributed by atoms with Crippen LogP contribution in [0.15, 0.2) is 72.8 Å². The third-order valence-corrected chi connectivity index (χ3v) is 9.69. The zero-order chi connectivity index (χ0) is 26.4. The first-order chi connectivity index (χ1) is 19.2. The number of carbonyl (C=O) groups is 1. The summed E-state index contributed by atoms with van der Waals surface area (Å²) in [5, 5.41) is 3.50. The number of piperazine rings is 1. The van der Waals surface area contributed by atoms with Crippen molar-refractivity contribution in [1.82, 2.24) is 15.1 Å². The molecule has 39 heavy (non-hydrogen) atoms. The van der Waals surface area contributed by atoms with Gasteiger partial charge in [-0.1, -0.05) is 54.6 Å². The van der Waals surface area contributed by atoms with Crippen molar-refractivity contribution in [2.45, 2.75) is 31.1 Å².